The first-order valence-electron chi connectivity index (χ1n) is 6.83. The molecule has 0 heterocycles. The summed E-state index contributed by atoms with van der Waals surface area (Å²) in [4.78, 5) is 0. The molecule has 1 aromatic carbocycles. The van der Waals surface area contributed by atoms with Crippen LogP contribution in [0, 0.1) is 11.8 Å². The van der Waals surface area contributed by atoms with Gasteiger partial charge in [0, 0.05) is 12.2 Å². The summed E-state index contributed by atoms with van der Waals surface area (Å²) in [6.45, 7) is 5.52. The maximum atomic E-state index is 6.12. The van der Waals surface area contributed by atoms with Crippen LogP contribution in [-0.2, 0) is 0 Å². The highest BCUT2D eigenvalue weighted by molar-refractivity contribution is 6.32. The number of methoxy groups -OCH3 is 1. The number of hydrogen-bond acceptors (Lipinski definition) is 2. The van der Waals surface area contributed by atoms with Gasteiger partial charge in [0.25, 0.3) is 0 Å². The van der Waals surface area contributed by atoms with Crippen LogP contribution in [0.4, 0.5) is 5.69 Å². The van der Waals surface area contributed by atoms with E-state index in [1.807, 2.05) is 18.2 Å². The Morgan fingerprint density at radius 2 is 2.21 bits per heavy atom. The van der Waals surface area contributed by atoms with Crippen molar-refractivity contribution in [1.29, 1.82) is 0 Å². The summed E-state index contributed by atoms with van der Waals surface area (Å²) in [5.74, 6) is 2.12. The van der Waals surface area contributed by atoms with Gasteiger partial charge in [0.2, 0.25) is 0 Å². The van der Waals surface area contributed by atoms with E-state index in [2.05, 4.69) is 25.2 Å². The third kappa shape index (κ3) is 3.90. The van der Waals surface area contributed by atoms with E-state index >= 15 is 0 Å². The number of nitrogens with one attached hydrogen (secondary N) is 1. The van der Waals surface area contributed by atoms with Crippen LogP contribution in [0.25, 0.3) is 0 Å². The fraction of sp³-hybridized carbons (Fsp3) is 0.500. The van der Waals surface area contributed by atoms with Gasteiger partial charge >= 0.3 is 0 Å². The van der Waals surface area contributed by atoms with E-state index in [1.54, 1.807) is 7.11 Å². The number of ether oxygens (including phenoxy) is 1. The maximum absolute atomic E-state index is 6.12. The molecule has 0 fully saturated rings. The standard InChI is InChI=1S/C16H22ClNO/c1-11-6-12(2)8-13(7-11)10-18-14-4-5-16(19-3)15(17)9-14/h4-6,9,11,13,18H,7-8,10H2,1-3H3. The normalized spacial score (nSPS) is 22.8. The molecule has 2 rings (SSSR count). The van der Waals surface area contributed by atoms with Gasteiger partial charge in [0.15, 0.2) is 0 Å². The van der Waals surface area contributed by atoms with Gasteiger partial charge in [-0.25, -0.2) is 0 Å². The lowest BCUT2D eigenvalue weighted by molar-refractivity contribution is 0.415. The van der Waals surface area contributed by atoms with Crippen molar-refractivity contribution in [2.24, 2.45) is 11.8 Å². The molecular weight excluding hydrogens is 258 g/mol. The van der Waals surface area contributed by atoms with E-state index in [0.717, 1.165) is 18.0 Å². The van der Waals surface area contributed by atoms with Crippen molar-refractivity contribution in [3.63, 3.8) is 0 Å². The zero-order valence-electron chi connectivity index (χ0n) is 11.9. The monoisotopic (exact) mass is 279 g/mol. The van der Waals surface area contributed by atoms with Crippen LogP contribution in [0.5, 0.6) is 5.75 Å². The minimum atomic E-state index is 0.653. The maximum Gasteiger partial charge on any atom is 0.137 e. The third-order valence-corrected chi connectivity index (χ3v) is 3.93. The van der Waals surface area contributed by atoms with E-state index < -0.39 is 0 Å². The van der Waals surface area contributed by atoms with Crippen LogP contribution in [-0.4, -0.2) is 13.7 Å². The second-order valence-electron chi connectivity index (χ2n) is 5.53. The lowest BCUT2D eigenvalue weighted by atomic mass is 9.84. The van der Waals surface area contributed by atoms with E-state index in [4.69, 9.17) is 16.3 Å². The molecule has 0 saturated heterocycles. The predicted octanol–water partition coefficient (Wildman–Crippen LogP) is 4.75. The Bertz CT molecular complexity index is 470. The van der Waals surface area contributed by atoms with Crippen molar-refractivity contribution >= 4 is 17.3 Å². The minimum Gasteiger partial charge on any atom is -0.495 e. The first-order chi connectivity index (χ1) is 9.08. The number of rotatable bonds is 4. The van der Waals surface area contributed by atoms with E-state index in [9.17, 15) is 0 Å². The van der Waals surface area contributed by atoms with Crippen molar-refractivity contribution in [2.45, 2.75) is 26.7 Å². The lowest BCUT2D eigenvalue weighted by Gasteiger charge is -2.26. The van der Waals surface area contributed by atoms with Gasteiger partial charge in [-0.1, -0.05) is 30.2 Å². The minimum absolute atomic E-state index is 0.653. The number of allylic oxidation sites excluding steroid dienone is 2. The Labute approximate surface area is 120 Å². The highest BCUT2D eigenvalue weighted by Crippen LogP contribution is 2.30. The van der Waals surface area contributed by atoms with Gasteiger partial charge in [0.05, 0.1) is 12.1 Å². The molecule has 0 saturated carbocycles. The molecule has 0 bridgehead atoms. The van der Waals surface area contributed by atoms with Crippen molar-refractivity contribution < 1.29 is 4.74 Å². The summed E-state index contributed by atoms with van der Waals surface area (Å²) in [5, 5.41) is 4.13. The summed E-state index contributed by atoms with van der Waals surface area (Å²) >= 11 is 6.12. The molecule has 19 heavy (non-hydrogen) atoms. The summed E-state index contributed by atoms with van der Waals surface area (Å²) in [7, 11) is 1.63. The van der Waals surface area contributed by atoms with Crippen molar-refractivity contribution in [3.05, 3.63) is 34.9 Å². The van der Waals surface area contributed by atoms with Crippen molar-refractivity contribution in [3.8, 4) is 5.75 Å². The summed E-state index contributed by atoms with van der Waals surface area (Å²) < 4.78 is 5.16. The Morgan fingerprint density at radius 1 is 1.42 bits per heavy atom. The van der Waals surface area contributed by atoms with Crippen LogP contribution in [0.3, 0.4) is 0 Å². The molecule has 1 aliphatic rings. The van der Waals surface area contributed by atoms with Crippen LogP contribution in [0.15, 0.2) is 29.8 Å². The average Bonchev–Trinajstić information content (AvgIpc) is 2.35. The molecule has 0 aliphatic heterocycles. The fourth-order valence-electron chi connectivity index (χ4n) is 2.88. The molecular formula is C16H22ClNO. The molecule has 2 atom stereocenters. The second kappa shape index (κ2) is 6.33. The molecule has 0 radical (unpaired) electrons. The molecule has 2 nitrogen and oxygen atoms in total. The topological polar surface area (TPSA) is 21.3 Å². The highest BCUT2D eigenvalue weighted by atomic mass is 35.5. The number of anilines is 1. The summed E-state index contributed by atoms with van der Waals surface area (Å²) in [6.07, 6.45) is 4.84. The molecule has 0 amide bonds. The molecule has 3 heteroatoms. The first kappa shape index (κ1) is 14.3. The molecule has 1 aromatic rings. The largest absolute Gasteiger partial charge is 0.495 e. The smallest absolute Gasteiger partial charge is 0.137 e. The molecule has 104 valence electrons. The van der Waals surface area contributed by atoms with Gasteiger partial charge in [-0.3, -0.25) is 0 Å². The van der Waals surface area contributed by atoms with Crippen molar-refractivity contribution in [1.82, 2.24) is 0 Å². The zero-order valence-corrected chi connectivity index (χ0v) is 12.6. The van der Waals surface area contributed by atoms with Gasteiger partial charge in [-0.05, 0) is 49.8 Å². The first-order valence-corrected chi connectivity index (χ1v) is 7.21. The van der Waals surface area contributed by atoms with Gasteiger partial charge in [-0.15, -0.1) is 0 Å². The van der Waals surface area contributed by atoms with E-state index in [-0.39, 0.29) is 0 Å². The molecule has 0 spiro atoms. The Morgan fingerprint density at radius 3 is 2.84 bits per heavy atom. The Balaban J connectivity index is 1.92. The lowest BCUT2D eigenvalue weighted by Crippen LogP contribution is -2.20. The van der Waals surface area contributed by atoms with Crippen molar-refractivity contribution in [2.75, 3.05) is 19.0 Å². The Hall–Kier alpha value is -1.15. The molecule has 1 N–H and O–H groups in total. The van der Waals surface area contributed by atoms with Gasteiger partial charge < -0.3 is 10.1 Å². The second-order valence-corrected chi connectivity index (χ2v) is 5.93. The van der Waals surface area contributed by atoms with Crippen LogP contribution < -0.4 is 10.1 Å². The van der Waals surface area contributed by atoms with E-state index in [1.165, 1.54) is 18.4 Å². The molecule has 1 aliphatic carbocycles. The predicted molar refractivity (Wildman–Crippen MR) is 82.1 cm³/mol. The van der Waals surface area contributed by atoms with Crippen LogP contribution >= 0.6 is 11.6 Å². The zero-order chi connectivity index (χ0) is 13.8. The molecule has 0 aromatic heterocycles. The van der Waals surface area contributed by atoms with Crippen LogP contribution in [0.1, 0.15) is 26.7 Å². The third-order valence-electron chi connectivity index (χ3n) is 3.63. The SMILES string of the molecule is COc1ccc(NCC2CC(C)=CC(C)C2)cc1Cl. The van der Waals surface area contributed by atoms with E-state index in [0.29, 0.717) is 16.9 Å². The van der Waals surface area contributed by atoms with Gasteiger partial charge in [0.1, 0.15) is 5.75 Å². The summed E-state index contributed by atoms with van der Waals surface area (Å²) in [5.41, 5.74) is 2.57. The highest BCUT2D eigenvalue weighted by Gasteiger charge is 2.17. The number of halogens is 1. The van der Waals surface area contributed by atoms with Crippen LogP contribution in [0.2, 0.25) is 5.02 Å². The Kier molecular flexibility index (Phi) is 4.76. The average molecular weight is 280 g/mol. The molecule has 2 unspecified atom stereocenters. The number of hydrogen-bond donors (Lipinski definition) is 1. The van der Waals surface area contributed by atoms with Gasteiger partial charge in [-0.2, -0.15) is 0 Å². The number of benzene rings is 1. The summed E-state index contributed by atoms with van der Waals surface area (Å²) in [6, 6.07) is 5.84. The quantitative estimate of drug-likeness (QED) is 0.803. The fourth-order valence-corrected chi connectivity index (χ4v) is 3.14.